The van der Waals surface area contributed by atoms with Gasteiger partial charge >= 0.3 is 0 Å². The number of thioether (sulfide) groups is 2. The number of anilines is 1. The van der Waals surface area contributed by atoms with Gasteiger partial charge in [-0.1, -0.05) is 30.8 Å². The van der Waals surface area contributed by atoms with Crippen molar-refractivity contribution in [2.24, 2.45) is 0 Å². The van der Waals surface area contributed by atoms with Gasteiger partial charge in [0.25, 0.3) is 5.56 Å². The quantitative estimate of drug-likeness (QED) is 0.413. The average molecular weight is 466 g/mol. The van der Waals surface area contributed by atoms with Gasteiger partial charge in [-0.15, -0.1) is 11.8 Å². The second kappa shape index (κ2) is 9.16. The summed E-state index contributed by atoms with van der Waals surface area (Å²) in [6.45, 7) is 10.2. The Labute approximate surface area is 197 Å². The molecule has 5 nitrogen and oxygen atoms in total. The molecule has 0 aliphatic carbocycles. The first-order valence-corrected chi connectivity index (χ1v) is 12.5. The zero-order chi connectivity index (χ0) is 23.0. The summed E-state index contributed by atoms with van der Waals surface area (Å²) in [7, 11) is 0. The van der Waals surface area contributed by atoms with Crippen molar-refractivity contribution in [3.05, 3.63) is 74.7 Å². The SMILES string of the molecule is Cc1cc(C)cc(NC(=O)CSc2nc3c(c(=O)n2-c2cc(C)cc(C)c2)SC(C)C3)c1. The Morgan fingerprint density at radius 1 is 1.06 bits per heavy atom. The van der Waals surface area contributed by atoms with Gasteiger partial charge in [-0.05, 0) is 74.2 Å². The second-order valence-corrected chi connectivity index (χ2v) is 10.9. The summed E-state index contributed by atoms with van der Waals surface area (Å²) in [5, 5.41) is 3.85. The van der Waals surface area contributed by atoms with Crippen molar-refractivity contribution in [3.8, 4) is 5.69 Å². The highest BCUT2D eigenvalue weighted by atomic mass is 32.2. The second-order valence-electron chi connectivity index (χ2n) is 8.50. The number of hydrogen-bond acceptors (Lipinski definition) is 5. The van der Waals surface area contributed by atoms with Crippen LogP contribution in [0, 0.1) is 27.7 Å². The van der Waals surface area contributed by atoms with Crippen LogP contribution in [-0.4, -0.2) is 26.5 Å². The predicted octanol–water partition coefficient (Wildman–Crippen LogP) is 5.23. The maximum atomic E-state index is 13.4. The average Bonchev–Trinajstić information content (AvgIpc) is 3.05. The van der Waals surface area contributed by atoms with Crippen LogP contribution >= 0.6 is 23.5 Å². The van der Waals surface area contributed by atoms with Crippen molar-refractivity contribution in [1.82, 2.24) is 9.55 Å². The Morgan fingerprint density at radius 2 is 1.66 bits per heavy atom. The zero-order valence-corrected chi connectivity index (χ0v) is 20.6. The van der Waals surface area contributed by atoms with E-state index in [1.54, 1.807) is 16.3 Å². The molecule has 1 aliphatic heterocycles. The highest BCUT2D eigenvalue weighted by molar-refractivity contribution is 8.00. The van der Waals surface area contributed by atoms with E-state index in [9.17, 15) is 9.59 Å². The molecule has 32 heavy (non-hydrogen) atoms. The summed E-state index contributed by atoms with van der Waals surface area (Å²) in [5.41, 5.74) is 6.73. The lowest BCUT2D eigenvalue weighted by Crippen LogP contribution is -2.25. The smallest absolute Gasteiger partial charge is 0.272 e. The Morgan fingerprint density at radius 3 is 2.28 bits per heavy atom. The molecule has 1 atom stereocenters. The van der Waals surface area contributed by atoms with Gasteiger partial charge in [0, 0.05) is 17.4 Å². The molecule has 0 bridgehead atoms. The minimum absolute atomic E-state index is 0.0495. The number of amides is 1. The van der Waals surface area contributed by atoms with E-state index >= 15 is 0 Å². The van der Waals surface area contributed by atoms with Gasteiger partial charge in [-0.3, -0.25) is 14.2 Å². The van der Waals surface area contributed by atoms with Crippen LogP contribution in [0.1, 0.15) is 34.9 Å². The summed E-state index contributed by atoms with van der Waals surface area (Å²) < 4.78 is 1.67. The van der Waals surface area contributed by atoms with Gasteiger partial charge in [-0.25, -0.2) is 4.98 Å². The molecule has 7 heteroatoms. The van der Waals surface area contributed by atoms with Crippen molar-refractivity contribution < 1.29 is 4.79 Å². The number of nitrogens with zero attached hydrogens (tertiary/aromatic N) is 2. The van der Waals surface area contributed by atoms with Crippen LogP contribution in [0.5, 0.6) is 0 Å². The van der Waals surface area contributed by atoms with Gasteiger partial charge in [0.05, 0.1) is 22.0 Å². The number of carbonyl (C=O) groups is 1. The van der Waals surface area contributed by atoms with Crippen molar-refractivity contribution in [3.63, 3.8) is 0 Å². The molecule has 166 valence electrons. The summed E-state index contributed by atoms with van der Waals surface area (Å²) in [6.07, 6.45) is 0.769. The minimum Gasteiger partial charge on any atom is -0.325 e. The lowest BCUT2D eigenvalue weighted by atomic mass is 10.1. The van der Waals surface area contributed by atoms with Crippen molar-refractivity contribution in [2.45, 2.75) is 56.3 Å². The maximum Gasteiger partial charge on any atom is 0.272 e. The van der Waals surface area contributed by atoms with Crippen LogP contribution in [0.15, 0.2) is 51.2 Å². The lowest BCUT2D eigenvalue weighted by molar-refractivity contribution is -0.113. The van der Waals surface area contributed by atoms with Crippen LogP contribution < -0.4 is 10.9 Å². The number of rotatable bonds is 5. The molecular formula is C25H27N3O2S2. The fraction of sp³-hybridized carbons (Fsp3) is 0.320. The molecule has 3 aromatic rings. The van der Waals surface area contributed by atoms with E-state index in [0.717, 1.165) is 50.6 Å². The molecule has 0 radical (unpaired) electrons. The van der Waals surface area contributed by atoms with E-state index in [2.05, 4.69) is 24.4 Å². The first kappa shape index (κ1) is 22.7. The van der Waals surface area contributed by atoms with Gasteiger partial charge in [-0.2, -0.15) is 0 Å². The monoisotopic (exact) mass is 465 g/mol. The number of nitrogens with one attached hydrogen (secondary N) is 1. The Kier molecular flexibility index (Phi) is 6.49. The van der Waals surface area contributed by atoms with Gasteiger partial charge in [0.2, 0.25) is 5.91 Å². The van der Waals surface area contributed by atoms with Crippen molar-refractivity contribution >= 4 is 35.1 Å². The number of aromatic nitrogens is 2. The molecule has 1 amide bonds. The number of aryl methyl sites for hydroxylation is 4. The fourth-order valence-electron chi connectivity index (χ4n) is 4.08. The summed E-state index contributed by atoms with van der Waals surface area (Å²) >= 11 is 2.89. The Balaban J connectivity index is 1.65. The molecule has 2 heterocycles. The third-order valence-electron chi connectivity index (χ3n) is 5.18. The van der Waals surface area contributed by atoms with Crippen LogP contribution in [0.4, 0.5) is 5.69 Å². The third-order valence-corrected chi connectivity index (χ3v) is 7.34. The first-order chi connectivity index (χ1) is 15.2. The van der Waals surface area contributed by atoms with E-state index in [0.29, 0.717) is 10.4 Å². The van der Waals surface area contributed by atoms with Crippen LogP contribution in [0.3, 0.4) is 0 Å². The maximum absolute atomic E-state index is 13.4. The number of fused-ring (bicyclic) bond motifs is 1. The number of hydrogen-bond donors (Lipinski definition) is 1. The molecular weight excluding hydrogens is 438 g/mol. The zero-order valence-electron chi connectivity index (χ0n) is 19.0. The van der Waals surface area contributed by atoms with Crippen LogP contribution in [0.2, 0.25) is 0 Å². The van der Waals surface area contributed by atoms with Gasteiger partial charge in [0.1, 0.15) is 0 Å². The third kappa shape index (κ3) is 4.94. The van der Waals surface area contributed by atoms with Crippen LogP contribution in [0.25, 0.3) is 5.69 Å². The highest BCUT2D eigenvalue weighted by Crippen LogP contribution is 2.35. The molecule has 1 aromatic heterocycles. The van der Waals surface area contributed by atoms with Gasteiger partial charge in [0.15, 0.2) is 5.16 Å². The molecule has 4 rings (SSSR count). The Hall–Kier alpha value is -2.51. The van der Waals surface area contributed by atoms with E-state index in [1.165, 1.54) is 11.8 Å². The van der Waals surface area contributed by atoms with Crippen molar-refractivity contribution in [2.75, 3.05) is 11.1 Å². The largest absolute Gasteiger partial charge is 0.325 e. The minimum atomic E-state index is -0.121. The molecule has 2 aromatic carbocycles. The summed E-state index contributed by atoms with van der Waals surface area (Å²) in [6, 6.07) is 12.0. The van der Waals surface area contributed by atoms with E-state index < -0.39 is 0 Å². The number of carbonyl (C=O) groups excluding carboxylic acids is 1. The van der Waals surface area contributed by atoms with Crippen molar-refractivity contribution in [1.29, 1.82) is 0 Å². The molecule has 1 aliphatic rings. The van der Waals surface area contributed by atoms with E-state index in [-0.39, 0.29) is 17.2 Å². The standard InChI is InChI=1S/C25H27N3O2S2/c1-14-6-15(2)9-19(8-14)26-22(29)13-31-25-27-21-12-18(5)32-23(21)24(30)28(25)20-10-16(3)7-17(4)11-20/h6-11,18H,12-13H2,1-5H3,(H,26,29). The summed E-state index contributed by atoms with van der Waals surface area (Å²) in [5.74, 6) is 0.0515. The molecule has 1 unspecified atom stereocenters. The predicted molar refractivity (Wildman–Crippen MR) is 134 cm³/mol. The molecule has 0 saturated heterocycles. The fourth-order valence-corrected chi connectivity index (χ4v) is 6.00. The highest BCUT2D eigenvalue weighted by Gasteiger charge is 2.27. The van der Waals surface area contributed by atoms with Gasteiger partial charge < -0.3 is 5.32 Å². The Bertz CT molecular complexity index is 1230. The van der Waals surface area contributed by atoms with E-state index in [4.69, 9.17) is 4.98 Å². The molecule has 0 spiro atoms. The first-order valence-electron chi connectivity index (χ1n) is 10.6. The molecule has 0 fully saturated rings. The van der Waals surface area contributed by atoms with Crippen LogP contribution in [-0.2, 0) is 11.2 Å². The summed E-state index contributed by atoms with van der Waals surface area (Å²) in [4.78, 5) is 31.7. The topological polar surface area (TPSA) is 64.0 Å². The lowest BCUT2D eigenvalue weighted by Gasteiger charge is -2.15. The molecule has 1 N–H and O–H groups in total. The molecule has 0 saturated carbocycles. The van der Waals surface area contributed by atoms with E-state index in [1.807, 2.05) is 52.0 Å². The number of benzene rings is 2. The normalized spacial score (nSPS) is 15.0.